The molecule has 1 aliphatic rings. The third kappa shape index (κ3) is 2.66. The molecule has 2 heterocycles. The van der Waals surface area contributed by atoms with Crippen LogP contribution in [0.5, 0.6) is 0 Å². The average molecular weight is 305 g/mol. The fourth-order valence-electron chi connectivity index (χ4n) is 2.12. The Morgan fingerprint density at radius 2 is 2.00 bits per heavy atom. The number of benzene rings is 1. The number of anilines is 2. The maximum atomic E-state index is 12.4. The van der Waals surface area contributed by atoms with E-state index in [9.17, 15) is 8.42 Å². The molecule has 0 bridgehead atoms. The molecule has 0 radical (unpaired) electrons. The van der Waals surface area contributed by atoms with Crippen LogP contribution in [0.15, 0.2) is 23.1 Å². The lowest BCUT2D eigenvalue weighted by Crippen LogP contribution is -2.16. The second kappa shape index (κ2) is 4.96. The number of aromatic nitrogens is 3. The Balaban J connectivity index is 1.91. The Labute approximate surface area is 122 Å². The summed E-state index contributed by atoms with van der Waals surface area (Å²) in [6.07, 6.45) is 0.910. The highest BCUT2D eigenvalue weighted by Gasteiger charge is 2.19. The zero-order valence-corrected chi connectivity index (χ0v) is 12.5. The molecule has 0 saturated carbocycles. The molecule has 0 atom stereocenters. The maximum absolute atomic E-state index is 12.4. The Bertz CT molecular complexity index is 804. The van der Waals surface area contributed by atoms with Gasteiger partial charge >= 0.3 is 0 Å². The smallest absolute Gasteiger partial charge is 0.264 e. The summed E-state index contributed by atoms with van der Waals surface area (Å²) in [4.78, 5) is 4.25. The fourth-order valence-corrected chi connectivity index (χ4v) is 3.08. The van der Waals surface area contributed by atoms with Crippen LogP contribution in [0.2, 0.25) is 0 Å². The van der Waals surface area contributed by atoms with Crippen molar-refractivity contribution in [2.24, 2.45) is 0 Å². The average Bonchev–Trinajstić information content (AvgIpc) is 2.90. The van der Waals surface area contributed by atoms with Crippen molar-refractivity contribution in [3.8, 4) is 0 Å². The van der Waals surface area contributed by atoms with Crippen LogP contribution in [-0.2, 0) is 16.4 Å². The van der Waals surface area contributed by atoms with Crippen molar-refractivity contribution in [1.29, 1.82) is 0 Å². The third-order valence-corrected chi connectivity index (χ3v) is 4.74. The van der Waals surface area contributed by atoms with Gasteiger partial charge in [0.15, 0.2) is 0 Å². The number of rotatable bonds is 3. The van der Waals surface area contributed by atoms with Crippen LogP contribution in [0, 0.1) is 13.8 Å². The van der Waals surface area contributed by atoms with Gasteiger partial charge in [0.2, 0.25) is 0 Å². The normalized spacial score (nSPS) is 13.6. The topological polar surface area (TPSA) is 96.9 Å². The summed E-state index contributed by atoms with van der Waals surface area (Å²) < 4.78 is 27.1. The van der Waals surface area contributed by atoms with Gasteiger partial charge in [-0.2, -0.15) is 5.10 Å². The second-order valence-corrected chi connectivity index (χ2v) is 6.59. The summed E-state index contributed by atoms with van der Waals surface area (Å²) in [6, 6.07) is 5.03. The van der Waals surface area contributed by atoms with Gasteiger partial charge in [-0.25, -0.2) is 18.1 Å². The van der Waals surface area contributed by atoms with E-state index in [-0.39, 0.29) is 10.8 Å². The van der Waals surface area contributed by atoms with Crippen molar-refractivity contribution < 1.29 is 8.42 Å². The van der Waals surface area contributed by atoms with E-state index in [1.54, 1.807) is 26.0 Å². The molecule has 1 aromatic heterocycles. The van der Waals surface area contributed by atoms with E-state index in [1.807, 2.05) is 6.07 Å². The van der Waals surface area contributed by atoms with E-state index in [0.29, 0.717) is 11.4 Å². The van der Waals surface area contributed by atoms with Crippen LogP contribution in [0.1, 0.15) is 17.0 Å². The number of fused-ring (bicyclic) bond motifs is 1. The molecule has 0 spiro atoms. The summed E-state index contributed by atoms with van der Waals surface area (Å²) in [5, 5.41) is 10.8. The van der Waals surface area contributed by atoms with Crippen molar-refractivity contribution >= 4 is 21.7 Å². The Hall–Kier alpha value is -2.22. The van der Waals surface area contributed by atoms with Gasteiger partial charge < -0.3 is 5.32 Å². The molecular weight excluding hydrogens is 290 g/mol. The van der Waals surface area contributed by atoms with Gasteiger partial charge in [-0.1, -0.05) is 6.07 Å². The van der Waals surface area contributed by atoms with E-state index in [2.05, 4.69) is 25.2 Å². The molecule has 0 aliphatic carbocycles. The molecule has 7 nitrogen and oxygen atoms in total. The molecule has 8 heteroatoms. The number of nitrogens with zero attached hydrogens (tertiary/aromatic N) is 3. The summed E-state index contributed by atoms with van der Waals surface area (Å²) in [5.74, 6) is -0.0217. The van der Waals surface area contributed by atoms with Crippen LogP contribution in [0.25, 0.3) is 0 Å². The van der Waals surface area contributed by atoms with E-state index in [1.165, 1.54) is 0 Å². The van der Waals surface area contributed by atoms with Crippen molar-refractivity contribution in [1.82, 2.24) is 15.2 Å². The largest absolute Gasteiger partial charge is 0.384 e. The summed E-state index contributed by atoms with van der Waals surface area (Å²) in [7, 11) is -3.72. The predicted molar refractivity (Wildman–Crippen MR) is 78.7 cm³/mol. The minimum absolute atomic E-state index is 0.0217. The van der Waals surface area contributed by atoms with Crippen LogP contribution < -0.4 is 10.0 Å². The van der Waals surface area contributed by atoms with Crippen LogP contribution in [0.3, 0.4) is 0 Å². The van der Waals surface area contributed by atoms with Crippen LogP contribution in [-0.4, -0.2) is 30.1 Å². The number of hydrogen-bond donors (Lipinski definition) is 2. The van der Waals surface area contributed by atoms with E-state index >= 15 is 0 Å². The van der Waals surface area contributed by atoms with Crippen molar-refractivity contribution in [2.75, 3.05) is 16.6 Å². The van der Waals surface area contributed by atoms with Gasteiger partial charge in [0, 0.05) is 12.2 Å². The molecule has 0 fully saturated rings. The standard InChI is InChI=1S/C13H15N5O2S/c1-8-9(2)16-17-13(15-8)18-21(19,20)11-4-3-10-5-6-14-12(10)7-11/h3-4,7,14H,5-6H2,1-2H3,(H,15,17,18). The lowest BCUT2D eigenvalue weighted by atomic mass is 10.2. The highest BCUT2D eigenvalue weighted by atomic mass is 32.2. The lowest BCUT2D eigenvalue weighted by molar-refractivity contribution is 0.600. The summed E-state index contributed by atoms with van der Waals surface area (Å²) >= 11 is 0. The highest BCUT2D eigenvalue weighted by molar-refractivity contribution is 7.92. The number of hydrogen-bond acceptors (Lipinski definition) is 6. The zero-order chi connectivity index (χ0) is 15.0. The number of nitrogens with one attached hydrogen (secondary N) is 2. The minimum Gasteiger partial charge on any atom is -0.384 e. The first-order valence-corrected chi connectivity index (χ1v) is 8.01. The molecule has 110 valence electrons. The molecule has 2 N–H and O–H groups in total. The number of sulfonamides is 1. The van der Waals surface area contributed by atoms with Gasteiger partial charge in [0.05, 0.1) is 16.3 Å². The summed E-state index contributed by atoms with van der Waals surface area (Å²) in [5.41, 5.74) is 3.29. The molecule has 1 aromatic carbocycles. The first kappa shape index (κ1) is 13.7. The monoisotopic (exact) mass is 305 g/mol. The van der Waals surface area contributed by atoms with Crippen molar-refractivity contribution in [3.63, 3.8) is 0 Å². The molecule has 1 aliphatic heterocycles. The predicted octanol–water partition coefficient (Wildman–Crippen LogP) is 1.26. The van der Waals surface area contributed by atoms with E-state index < -0.39 is 10.0 Å². The minimum atomic E-state index is -3.72. The van der Waals surface area contributed by atoms with Crippen molar-refractivity contribution in [3.05, 3.63) is 35.2 Å². The highest BCUT2D eigenvalue weighted by Crippen LogP contribution is 2.26. The van der Waals surface area contributed by atoms with Gasteiger partial charge in [0.1, 0.15) is 0 Å². The van der Waals surface area contributed by atoms with Gasteiger partial charge in [-0.15, -0.1) is 5.10 Å². The van der Waals surface area contributed by atoms with Gasteiger partial charge in [-0.3, -0.25) is 0 Å². The Morgan fingerprint density at radius 3 is 2.76 bits per heavy atom. The van der Waals surface area contributed by atoms with E-state index in [0.717, 1.165) is 24.2 Å². The lowest BCUT2D eigenvalue weighted by Gasteiger charge is -2.08. The first-order chi connectivity index (χ1) is 9.95. The Morgan fingerprint density at radius 1 is 1.19 bits per heavy atom. The van der Waals surface area contributed by atoms with Crippen LogP contribution >= 0.6 is 0 Å². The maximum Gasteiger partial charge on any atom is 0.264 e. The Kier molecular flexibility index (Phi) is 3.25. The molecule has 0 saturated heterocycles. The molecule has 21 heavy (non-hydrogen) atoms. The van der Waals surface area contributed by atoms with Crippen molar-refractivity contribution in [2.45, 2.75) is 25.2 Å². The molecule has 2 aromatic rings. The van der Waals surface area contributed by atoms with Gasteiger partial charge in [0.25, 0.3) is 16.0 Å². The van der Waals surface area contributed by atoms with Crippen LogP contribution in [0.4, 0.5) is 11.6 Å². The summed E-state index contributed by atoms with van der Waals surface area (Å²) in [6.45, 7) is 4.34. The zero-order valence-electron chi connectivity index (χ0n) is 11.7. The molecular formula is C13H15N5O2S. The fraction of sp³-hybridized carbons (Fsp3) is 0.308. The first-order valence-electron chi connectivity index (χ1n) is 6.53. The molecule has 3 rings (SSSR count). The van der Waals surface area contributed by atoms with E-state index in [4.69, 9.17) is 0 Å². The number of aryl methyl sites for hydroxylation is 2. The molecule has 0 unspecified atom stereocenters. The third-order valence-electron chi connectivity index (χ3n) is 3.42. The van der Waals surface area contributed by atoms with Gasteiger partial charge in [-0.05, 0) is 38.0 Å². The quantitative estimate of drug-likeness (QED) is 0.886. The SMILES string of the molecule is Cc1nnc(NS(=O)(=O)c2ccc3c(c2)NCC3)nc1C. The molecule has 0 amide bonds. The second-order valence-electron chi connectivity index (χ2n) is 4.91.